The van der Waals surface area contributed by atoms with E-state index >= 15 is 0 Å². The van der Waals surface area contributed by atoms with Crippen molar-refractivity contribution in [2.24, 2.45) is 5.92 Å². The van der Waals surface area contributed by atoms with Gasteiger partial charge in [-0.2, -0.15) is 5.26 Å². The SMILES string of the molecule is CC/C=C(\c1cc(C#N)c(C)cc1C)c1c[nH]cc(N)c1=O.CC1CCCCC1.CC=O. The van der Waals surface area contributed by atoms with Gasteiger partial charge in [0.2, 0.25) is 5.43 Å². The number of carbonyl (C=O) groups excluding carboxylic acids is 1. The molecule has 32 heavy (non-hydrogen) atoms. The highest BCUT2D eigenvalue weighted by atomic mass is 16.1. The summed E-state index contributed by atoms with van der Waals surface area (Å²) in [5, 5.41) is 9.26. The fourth-order valence-corrected chi connectivity index (χ4v) is 3.84. The summed E-state index contributed by atoms with van der Waals surface area (Å²) in [6, 6.07) is 6.01. The predicted molar refractivity (Wildman–Crippen MR) is 133 cm³/mol. The molecule has 1 aromatic heterocycles. The zero-order chi connectivity index (χ0) is 24.1. The molecule has 5 heteroatoms. The average Bonchev–Trinajstić information content (AvgIpc) is 2.76. The number of hydrogen-bond acceptors (Lipinski definition) is 4. The Morgan fingerprint density at radius 3 is 2.28 bits per heavy atom. The van der Waals surface area contributed by atoms with Crippen LogP contribution in [0.1, 0.15) is 87.1 Å². The summed E-state index contributed by atoms with van der Waals surface area (Å²) in [5.74, 6) is 1.04. The van der Waals surface area contributed by atoms with Crippen molar-refractivity contribution in [3.8, 4) is 6.07 Å². The van der Waals surface area contributed by atoms with Gasteiger partial charge in [0.15, 0.2) is 0 Å². The van der Waals surface area contributed by atoms with E-state index in [2.05, 4.69) is 18.0 Å². The number of nitriles is 1. The third kappa shape index (κ3) is 7.85. The number of nitrogen functional groups attached to an aromatic ring is 1. The number of aromatic nitrogens is 1. The number of carbonyl (C=O) groups is 1. The van der Waals surface area contributed by atoms with Crippen molar-refractivity contribution in [2.75, 3.05) is 5.73 Å². The minimum Gasteiger partial charge on any atom is -0.394 e. The summed E-state index contributed by atoms with van der Waals surface area (Å²) in [7, 11) is 0. The van der Waals surface area contributed by atoms with Crippen LogP contribution >= 0.6 is 0 Å². The molecule has 0 spiro atoms. The second kappa shape index (κ2) is 14.0. The standard InChI is InChI=1S/C18H19N3O.C7H14.C2H4O/c1-4-5-14(16-9-21-10-17(20)18(16)22)15-7-13(8-19)11(2)6-12(15)3;1-7-5-3-2-4-6-7;1-2-3/h5-7,9-10H,4,20H2,1-3H3,(H,21,22);7H,2-6H2,1H3;2H,1H3/b14-5+;;. The first kappa shape index (κ1) is 26.9. The number of aldehydes is 1. The minimum absolute atomic E-state index is 0.185. The third-order valence-electron chi connectivity index (χ3n) is 5.55. The molecule has 1 fully saturated rings. The van der Waals surface area contributed by atoms with Gasteiger partial charge in [0.05, 0.1) is 17.3 Å². The highest BCUT2D eigenvalue weighted by molar-refractivity contribution is 5.82. The summed E-state index contributed by atoms with van der Waals surface area (Å²) in [6.07, 6.45) is 14.1. The summed E-state index contributed by atoms with van der Waals surface area (Å²) in [6.45, 7) is 9.70. The lowest BCUT2D eigenvalue weighted by Gasteiger charge is -2.15. The average molecular weight is 436 g/mol. The van der Waals surface area contributed by atoms with Crippen LogP contribution < -0.4 is 11.2 Å². The van der Waals surface area contributed by atoms with E-state index in [4.69, 9.17) is 10.5 Å². The zero-order valence-corrected chi connectivity index (χ0v) is 20.1. The summed E-state index contributed by atoms with van der Waals surface area (Å²) < 4.78 is 0. The van der Waals surface area contributed by atoms with Crippen LogP contribution in [-0.2, 0) is 4.79 Å². The number of rotatable bonds is 3. The molecule has 0 radical (unpaired) electrons. The third-order valence-corrected chi connectivity index (χ3v) is 5.55. The maximum absolute atomic E-state index is 12.3. The Kier molecular flexibility index (Phi) is 11.8. The van der Waals surface area contributed by atoms with Crippen molar-refractivity contribution in [2.45, 2.75) is 73.1 Å². The lowest BCUT2D eigenvalue weighted by Crippen LogP contribution is -2.14. The number of aromatic amines is 1. The molecule has 1 saturated carbocycles. The quantitative estimate of drug-likeness (QED) is 0.571. The number of pyridine rings is 1. The Morgan fingerprint density at radius 1 is 1.16 bits per heavy atom. The molecule has 3 N–H and O–H groups in total. The van der Waals surface area contributed by atoms with E-state index in [-0.39, 0.29) is 11.1 Å². The number of nitrogens with two attached hydrogens (primary N) is 1. The van der Waals surface area contributed by atoms with E-state index < -0.39 is 0 Å². The number of nitrogens with zero attached hydrogens (tertiary/aromatic N) is 1. The number of aryl methyl sites for hydroxylation is 2. The number of hydrogen-bond donors (Lipinski definition) is 2. The lowest BCUT2D eigenvalue weighted by atomic mass is 9.91. The second-order valence-electron chi connectivity index (χ2n) is 8.25. The molecular weight excluding hydrogens is 398 g/mol. The van der Waals surface area contributed by atoms with Crippen LogP contribution in [0.5, 0.6) is 0 Å². The van der Waals surface area contributed by atoms with Gasteiger partial charge in [-0.1, -0.05) is 58.1 Å². The van der Waals surface area contributed by atoms with Gasteiger partial charge in [0.1, 0.15) is 6.29 Å². The van der Waals surface area contributed by atoms with Crippen LogP contribution in [0.4, 0.5) is 5.69 Å². The molecule has 1 aliphatic rings. The predicted octanol–water partition coefficient (Wildman–Crippen LogP) is 6.08. The highest BCUT2D eigenvalue weighted by Gasteiger charge is 2.14. The molecule has 0 atom stereocenters. The Balaban J connectivity index is 0.000000424. The van der Waals surface area contributed by atoms with Gasteiger partial charge in [0, 0.05) is 18.0 Å². The minimum atomic E-state index is -0.197. The lowest BCUT2D eigenvalue weighted by molar-refractivity contribution is -0.106. The molecule has 1 aliphatic carbocycles. The van der Waals surface area contributed by atoms with Crippen LogP contribution in [0.15, 0.2) is 35.4 Å². The molecule has 0 amide bonds. The smallest absolute Gasteiger partial charge is 0.212 e. The molecule has 0 aliphatic heterocycles. The molecule has 172 valence electrons. The number of benzene rings is 1. The fraction of sp³-hybridized carbons (Fsp3) is 0.444. The van der Waals surface area contributed by atoms with E-state index in [0.29, 0.717) is 11.1 Å². The molecule has 2 aromatic rings. The van der Waals surface area contributed by atoms with Gasteiger partial charge in [-0.05, 0) is 61.4 Å². The molecular formula is C27H37N3O2. The summed E-state index contributed by atoms with van der Waals surface area (Å²) in [5.41, 5.74) is 10.5. The number of anilines is 1. The van der Waals surface area contributed by atoms with Crippen LogP contribution in [-0.4, -0.2) is 11.3 Å². The van der Waals surface area contributed by atoms with Crippen molar-refractivity contribution >= 4 is 17.5 Å². The van der Waals surface area contributed by atoms with E-state index in [1.807, 2.05) is 39.0 Å². The van der Waals surface area contributed by atoms with E-state index in [9.17, 15) is 10.1 Å². The van der Waals surface area contributed by atoms with Gasteiger partial charge in [-0.15, -0.1) is 0 Å². The van der Waals surface area contributed by atoms with Crippen molar-refractivity contribution in [3.05, 3.63) is 68.6 Å². The van der Waals surface area contributed by atoms with Crippen molar-refractivity contribution in [1.82, 2.24) is 4.98 Å². The number of nitrogens with one attached hydrogen (secondary N) is 1. The van der Waals surface area contributed by atoms with Crippen LogP contribution in [0.2, 0.25) is 0 Å². The van der Waals surface area contributed by atoms with Crippen molar-refractivity contribution < 1.29 is 4.79 Å². The number of H-pyrrole nitrogens is 1. The van der Waals surface area contributed by atoms with Gasteiger partial charge < -0.3 is 15.5 Å². The van der Waals surface area contributed by atoms with E-state index in [1.54, 1.807) is 6.20 Å². The Hall–Kier alpha value is -3.13. The van der Waals surface area contributed by atoms with Gasteiger partial charge in [0.25, 0.3) is 0 Å². The fourth-order valence-electron chi connectivity index (χ4n) is 3.84. The second-order valence-corrected chi connectivity index (χ2v) is 8.25. The van der Waals surface area contributed by atoms with Crippen LogP contribution in [0.25, 0.3) is 5.57 Å². The Labute approximate surface area is 192 Å². The van der Waals surface area contributed by atoms with E-state index in [0.717, 1.165) is 40.9 Å². The van der Waals surface area contributed by atoms with Crippen molar-refractivity contribution in [1.29, 1.82) is 5.26 Å². The van der Waals surface area contributed by atoms with Crippen LogP contribution in [0, 0.1) is 31.1 Å². The topological polar surface area (TPSA) is 99.7 Å². The molecule has 0 bridgehead atoms. The molecule has 3 rings (SSSR count). The summed E-state index contributed by atoms with van der Waals surface area (Å²) >= 11 is 0. The van der Waals surface area contributed by atoms with Crippen LogP contribution in [0.3, 0.4) is 0 Å². The van der Waals surface area contributed by atoms with Gasteiger partial charge in [-0.25, -0.2) is 0 Å². The molecule has 0 saturated heterocycles. The maximum atomic E-state index is 12.3. The molecule has 1 aromatic carbocycles. The highest BCUT2D eigenvalue weighted by Crippen LogP contribution is 2.27. The zero-order valence-electron chi connectivity index (χ0n) is 20.1. The molecule has 1 heterocycles. The molecule has 0 unspecified atom stereocenters. The van der Waals surface area contributed by atoms with Crippen molar-refractivity contribution in [3.63, 3.8) is 0 Å². The number of allylic oxidation sites excluding steroid dienone is 1. The monoisotopic (exact) mass is 435 g/mol. The first-order valence-electron chi connectivity index (χ1n) is 11.4. The summed E-state index contributed by atoms with van der Waals surface area (Å²) in [4.78, 5) is 24.1. The Bertz CT molecular complexity index is 1010. The molecule has 5 nitrogen and oxygen atoms in total. The maximum Gasteiger partial charge on any atom is 0.212 e. The Morgan fingerprint density at radius 2 is 1.78 bits per heavy atom. The largest absolute Gasteiger partial charge is 0.394 e. The first-order chi connectivity index (χ1) is 15.3. The van der Waals surface area contributed by atoms with Gasteiger partial charge in [-0.3, -0.25) is 4.79 Å². The normalized spacial score (nSPS) is 13.7. The first-order valence-corrected chi connectivity index (χ1v) is 11.4. The van der Waals surface area contributed by atoms with Gasteiger partial charge >= 0.3 is 0 Å². The van der Waals surface area contributed by atoms with E-state index in [1.165, 1.54) is 45.2 Å².